The van der Waals surface area contributed by atoms with Crippen LogP contribution >= 0.6 is 0 Å². The first-order valence-corrected chi connectivity index (χ1v) is 10.8. The maximum absolute atomic E-state index is 13.1. The number of fused-ring (bicyclic) bond motifs is 1. The lowest BCUT2D eigenvalue weighted by Gasteiger charge is -2.20. The van der Waals surface area contributed by atoms with Crippen LogP contribution in [0.4, 0.5) is 4.79 Å². The number of carbonyl (C=O) groups is 3. The van der Waals surface area contributed by atoms with Crippen LogP contribution in [0.1, 0.15) is 59.1 Å². The molecule has 2 aliphatic carbocycles. The predicted molar refractivity (Wildman–Crippen MR) is 113 cm³/mol. The third kappa shape index (κ3) is 2.81. The van der Waals surface area contributed by atoms with Crippen LogP contribution in [0.5, 0.6) is 0 Å². The lowest BCUT2D eigenvalue weighted by atomic mass is 9.96. The highest BCUT2D eigenvalue weighted by molar-refractivity contribution is 6.11. The van der Waals surface area contributed by atoms with Crippen molar-refractivity contribution in [3.8, 4) is 5.69 Å². The Morgan fingerprint density at radius 3 is 2.60 bits per heavy atom. The van der Waals surface area contributed by atoms with Gasteiger partial charge in [-0.1, -0.05) is 6.07 Å². The van der Waals surface area contributed by atoms with Crippen molar-refractivity contribution >= 4 is 17.7 Å². The zero-order valence-electron chi connectivity index (χ0n) is 17.7. The summed E-state index contributed by atoms with van der Waals surface area (Å²) in [6, 6.07) is 7.91. The number of ketones is 1. The van der Waals surface area contributed by atoms with Crippen molar-refractivity contribution in [3.63, 3.8) is 0 Å². The Bertz CT molecular complexity index is 1100. The van der Waals surface area contributed by atoms with Gasteiger partial charge in [0.2, 0.25) is 0 Å². The van der Waals surface area contributed by atoms with Gasteiger partial charge in [-0.15, -0.1) is 0 Å². The second-order valence-electron chi connectivity index (χ2n) is 9.15. The molecule has 1 saturated heterocycles. The molecule has 156 valence electrons. The zero-order chi connectivity index (χ0) is 21.2. The van der Waals surface area contributed by atoms with Crippen LogP contribution in [-0.2, 0) is 17.6 Å². The topological polar surface area (TPSA) is 71.4 Å². The lowest BCUT2D eigenvalue weighted by molar-refractivity contribution is -0.131. The van der Waals surface area contributed by atoms with Gasteiger partial charge in [-0.3, -0.25) is 14.5 Å². The monoisotopic (exact) mass is 405 g/mol. The third-order valence-electron chi connectivity index (χ3n) is 7.07. The highest BCUT2D eigenvalue weighted by Crippen LogP contribution is 2.42. The van der Waals surface area contributed by atoms with E-state index < -0.39 is 11.6 Å². The molecule has 1 saturated carbocycles. The van der Waals surface area contributed by atoms with E-state index in [4.69, 9.17) is 0 Å². The lowest BCUT2D eigenvalue weighted by Crippen LogP contribution is -2.46. The standard InChI is InChI=1S/C24H27N3O3/c1-14-11-20(15(2)27(14)19-10-7-16-5-4-6-17(16)12-19)21(28)13-26-22(29)24(3,18-8-9-18)25-23(26)30/h7,10-12,18H,4-6,8-9,13H2,1-3H3,(H,25,30)/t24-/m0/s1. The predicted octanol–water partition coefficient (Wildman–Crippen LogP) is 3.49. The quantitative estimate of drug-likeness (QED) is 0.611. The molecule has 0 spiro atoms. The number of urea groups is 1. The fourth-order valence-electron chi connectivity index (χ4n) is 5.17. The summed E-state index contributed by atoms with van der Waals surface area (Å²) in [6.45, 7) is 5.46. The molecular formula is C24H27N3O3. The maximum atomic E-state index is 13.1. The average molecular weight is 405 g/mol. The largest absolute Gasteiger partial charge is 0.325 e. The Labute approximate surface area is 176 Å². The van der Waals surface area contributed by atoms with Crippen LogP contribution in [-0.4, -0.2) is 39.3 Å². The number of rotatable bonds is 5. The number of imide groups is 1. The fourth-order valence-corrected chi connectivity index (χ4v) is 5.17. The van der Waals surface area contributed by atoms with E-state index >= 15 is 0 Å². The van der Waals surface area contributed by atoms with E-state index in [2.05, 4.69) is 28.1 Å². The Hall–Kier alpha value is -2.89. The number of amides is 3. The summed E-state index contributed by atoms with van der Waals surface area (Å²) in [5.41, 5.74) is 5.36. The van der Waals surface area contributed by atoms with E-state index in [0.717, 1.165) is 47.7 Å². The number of hydrogen-bond donors (Lipinski definition) is 1. The van der Waals surface area contributed by atoms with Crippen LogP contribution in [0.3, 0.4) is 0 Å². The van der Waals surface area contributed by atoms with Crippen molar-refractivity contribution in [2.24, 2.45) is 5.92 Å². The summed E-state index contributed by atoms with van der Waals surface area (Å²) in [7, 11) is 0. The van der Waals surface area contributed by atoms with E-state index in [1.54, 1.807) is 6.92 Å². The normalized spacial score (nSPS) is 23.1. The highest BCUT2D eigenvalue weighted by atomic mass is 16.2. The smallest absolute Gasteiger partial charge is 0.323 e. The van der Waals surface area contributed by atoms with Gasteiger partial charge in [-0.25, -0.2) is 4.79 Å². The summed E-state index contributed by atoms with van der Waals surface area (Å²) in [5.74, 6) is -0.311. The van der Waals surface area contributed by atoms with E-state index in [9.17, 15) is 14.4 Å². The van der Waals surface area contributed by atoms with E-state index in [1.165, 1.54) is 17.5 Å². The number of hydrogen-bond acceptors (Lipinski definition) is 3. The molecule has 1 aromatic carbocycles. The number of benzene rings is 1. The van der Waals surface area contributed by atoms with Gasteiger partial charge in [0.1, 0.15) is 5.54 Å². The van der Waals surface area contributed by atoms with Crippen LogP contribution in [0.2, 0.25) is 0 Å². The minimum absolute atomic E-state index is 0.180. The van der Waals surface area contributed by atoms with Crippen molar-refractivity contribution < 1.29 is 14.4 Å². The molecule has 3 aliphatic rings. The van der Waals surface area contributed by atoms with Gasteiger partial charge >= 0.3 is 6.03 Å². The molecule has 0 unspecified atom stereocenters. The molecular weight excluding hydrogens is 378 g/mol. The number of aromatic nitrogens is 1. The average Bonchev–Trinajstić information content (AvgIpc) is 3.34. The van der Waals surface area contributed by atoms with Gasteiger partial charge < -0.3 is 9.88 Å². The van der Waals surface area contributed by atoms with E-state index in [1.807, 2.05) is 19.9 Å². The number of Topliss-reactive ketones (excluding diaryl/α,β-unsaturated/α-hetero) is 1. The van der Waals surface area contributed by atoms with E-state index in [-0.39, 0.29) is 24.2 Å². The Morgan fingerprint density at radius 2 is 1.87 bits per heavy atom. The van der Waals surface area contributed by atoms with Crippen LogP contribution in [0.25, 0.3) is 5.69 Å². The van der Waals surface area contributed by atoms with Crippen molar-refractivity contribution in [3.05, 3.63) is 52.3 Å². The number of carbonyl (C=O) groups excluding carboxylic acids is 3. The molecule has 1 aromatic heterocycles. The summed E-state index contributed by atoms with van der Waals surface area (Å²) in [6.07, 6.45) is 5.30. The van der Waals surface area contributed by atoms with Crippen molar-refractivity contribution in [2.45, 2.75) is 58.4 Å². The molecule has 30 heavy (non-hydrogen) atoms. The first-order chi connectivity index (χ1) is 14.3. The molecule has 1 atom stereocenters. The number of nitrogens with zero attached hydrogens (tertiary/aromatic N) is 2. The molecule has 1 N–H and O–H groups in total. The maximum Gasteiger partial charge on any atom is 0.325 e. The molecule has 3 amide bonds. The summed E-state index contributed by atoms with van der Waals surface area (Å²) in [5, 5.41) is 2.81. The summed E-state index contributed by atoms with van der Waals surface area (Å²) >= 11 is 0. The molecule has 0 bridgehead atoms. The van der Waals surface area contributed by atoms with Crippen LogP contribution in [0.15, 0.2) is 24.3 Å². The molecule has 2 heterocycles. The third-order valence-corrected chi connectivity index (χ3v) is 7.07. The van der Waals surface area contributed by atoms with Crippen LogP contribution in [0, 0.1) is 19.8 Å². The van der Waals surface area contributed by atoms with Gasteiger partial charge in [0.25, 0.3) is 5.91 Å². The van der Waals surface area contributed by atoms with Crippen molar-refractivity contribution in [1.29, 1.82) is 0 Å². The van der Waals surface area contributed by atoms with Gasteiger partial charge in [-0.2, -0.15) is 0 Å². The highest BCUT2D eigenvalue weighted by Gasteiger charge is 2.56. The first kappa shape index (κ1) is 19.1. The Kier molecular flexibility index (Phi) is 4.17. The first-order valence-electron chi connectivity index (χ1n) is 10.8. The number of aryl methyl sites for hydroxylation is 3. The zero-order valence-corrected chi connectivity index (χ0v) is 17.7. The van der Waals surface area contributed by atoms with Crippen molar-refractivity contribution in [1.82, 2.24) is 14.8 Å². The fraction of sp³-hybridized carbons (Fsp3) is 0.458. The van der Waals surface area contributed by atoms with Gasteiger partial charge in [-0.05, 0) is 88.1 Å². The molecule has 2 aromatic rings. The second kappa shape index (κ2) is 6.56. The van der Waals surface area contributed by atoms with Gasteiger partial charge in [0.05, 0.1) is 6.54 Å². The second-order valence-corrected chi connectivity index (χ2v) is 9.15. The molecule has 0 radical (unpaired) electrons. The molecule has 5 rings (SSSR count). The molecule has 6 nitrogen and oxygen atoms in total. The minimum atomic E-state index is -0.862. The summed E-state index contributed by atoms with van der Waals surface area (Å²) in [4.78, 5) is 39.5. The van der Waals surface area contributed by atoms with Crippen LogP contribution < -0.4 is 5.32 Å². The molecule has 1 aliphatic heterocycles. The minimum Gasteiger partial charge on any atom is -0.323 e. The SMILES string of the molecule is Cc1cc(C(=O)CN2C(=O)N[C@@](C)(C3CC3)C2=O)c(C)n1-c1ccc2c(c1)CCC2. The van der Waals surface area contributed by atoms with Crippen molar-refractivity contribution in [2.75, 3.05) is 6.54 Å². The Morgan fingerprint density at radius 1 is 1.13 bits per heavy atom. The van der Waals surface area contributed by atoms with E-state index in [0.29, 0.717) is 5.56 Å². The molecule has 6 heteroatoms. The molecule has 2 fully saturated rings. The van der Waals surface area contributed by atoms with Gasteiger partial charge in [0, 0.05) is 22.6 Å². The summed E-state index contributed by atoms with van der Waals surface area (Å²) < 4.78 is 2.09. The number of nitrogens with one attached hydrogen (secondary N) is 1. The van der Waals surface area contributed by atoms with Gasteiger partial charge in [0.15, 0.2) is 5.78 Å². The Balaban J connectivity index is 1.41.